The number of ether oxygens (including phenoxy) is 1. The molecule has 4 N–H and O–H groups in total. The first-order chi connectivity index (χ1) is 23.2. The number of aromatic carboxylic acids is 2. The van der Waals surface area contributed by atoms with Crippen LogP contribution in [0.1, 0.15) is 26.3 Å². The molecule has 1 unspecified atom stereocenters. The maximum absolute atomic E-state index is 11.8. The molecule has 246 valence electrons. The fourth-order valence-corrected chi connectivity index (χ4v) is 5.54. The lowest BCUT2D eigenvalue weighted by Gasteiger charge is -2.20. The lowest BCUT2D eigenvalue weighted by molar-refractivity contribution is 0.0324. The van der Waals surface area contributed by atoms with Gasteiger partial charge < -0.3 is 30.5 Å². The molecule has 0 aliphatic carbocycles. The van der Waals surface area contributed by atoms with Crippen LogP contribution < -0.4 is 10.6 Å². The van der Waals surface area contributed by atoms with E-state index in [1.807, 2.05) is 68.3 Å². The van der Waals surface area contributed by atoms with Gasteiger partial charge in [0.2, 0.25) is 0 Å². The van der Waals surface area contributed by atoms with Crippen molar-refractivity contribution in [3.63, 3.8) is 0 Å². The van der Waals surface area contributed by atoms with Gasteiger partial charge in [0.25, 0.3) is 0 Å². The predicted molar refractivity (Wildman–Crippen MR) is 181 cm³/mol. The molecule has 0 fully saturated rings. The number of pyridine rings is 2. The monoisotopic (exact) mass is 649 g/mol. The van der Waals surface area contributed by atoms with E-state index in [4.69, 9.17) is 9.84 Å². The van der Waals surface area contributed by atoms with Crippen molar-refractivity contribution in [3.8, 4) is 0 Å². The zero-order chi connectivity index (χ0) is 33.8. The minimum atomic E-state index is -1.07. The van der Waals surface area contributed by atoms with Gasteiger partial charge in [-0.25, -0.2) is 9.59 Å². The normalized spacial score (nSPS) is 12.1. The van der Waals surface area contributed by atoms with E-state index in [1.54, 1.807) is 4.68 Å². The Morgan fingerprint density at radius 2 is 1.50 bits per heavy atom. The molecule has 14 heteroatoms. The zero-order valence-corrected chi connectivity index (χ0v) is 26.7. The van der Waals surface area contributed by atoms with Crippen LogP contribution in [-0.2, 0) is 24.8 Å². The molecular weight excluding hydrogens is 614 g/mol. The molecule has 0 radical (unpaired) electrons. The van der Waals surface area contributed by atoms with Crippen LogP contribution in [0.15, 0.2) is 79.4 Å². The number of fused-ring (bicyclic) bond motifs is 2. The second kappa shape index (κ2) is 13.9. The van der Waals surface area contributed by atoms with Gasteiger partial charge in [-0.3, -0.25) is 19.3 Å². The third-order valence-electron chi connectivity index (χ3n) is 7.91. The first-order valence-electron chi connectivity index (χ1n) is 15.2. The van der Waals surface area contributed by atoms with Gasteiger partial charge in [0.05, 0.1) is 65.2 Å². The van der Waals surface area contributed by atoms with Crippen molar-refractivity contribution in [1.82, 2.24) is 34.4 Å². The number of likely N-dealkylation sites (N-methyl/N-ethyl adjacent to an activating group) is 1. The van der Waals surface area contributed by atoms with Crippen LogP contribution in [0.25, 0.3) is 21.8 Å². The van der Waals surface area contributed by atoms with Crippen LogP contribution in [0.5, 0.6) is 0 Å². The smallest absolute Gasteiger partial charge is 0.337 e. The average Bonchev–Trinajstić information content (AvgIpc) is 3.56. The lowest BCUT2D eigenvalue weighted by atomic mass is 10.0. The third-order valence-corrected chi connectivity index (χ3v) is 7.91. The Bertz CT molecular complexity index is 2110. The summed E-state index contributed by atoms with van der Waals surface area (Å²) in [4.78, 5) is 33.9. The van der Waals surface area contributed by atoms with Crippen LogP contribution in [0, 0.1) is 0 Å². The van der Waals surface area contributed by atoms with Gasteiger partial charge in [0.1, 0.15) is 0 Å². The Kier molecular flexibility index (Phi) is 9.27. The fraction of sp³-hybridized carbons (Fsp3) is 0.235. The van der Waals surface area contributed by atoms with Crippen molar-refractivity contribution in [2.45, 2.75) is 19.1 Å². The Morgan fingerprint density at radius 1 is 0.854 bits per heavy atom. The number of carbonyl (C=O) groups is 2. The van der Waals surface area contributed by atoms with E-state index < -0.39 is 11.9 Å². The number of benzene rings is 2. The van der Waals surface area contributed by atoms with Crippen molar-refractivity contribution in [1.29, 1.82) is 0 Å². The summed E-state index contributed by atoms with van der Waals surface area (Å²) in [6.45, 7) is 1.65. The summed E-state index contributed by atoms with van der Waals surface area (Å²) >= 11 is 0. The highest BCUT2D eigenvalue weighted by atomic mass is 16.5. The van der Waals surface area contributed by atoms with E-state index in [0.29, 0.717) is 42.6 Å². The Labute approximate surface area is 275 Å². The molecule has 14 nitrogen and oxygen atoms in total. The summed E-state index contributed by atoms with van der Waals surface area (Å²) in [6, 6.07) is 16.7. The van der Waals surface area contributed by atoms with Crippen molar-refractivity contribution < 1.29 is 24.5 Å². The van der Waals surface area contributed by atoms with E-state index >= 15 is 0 Å². The van der Waals surface area contributed by atoms with Crippen molar-refractivity contribution in [2.24, 2.45) is 7.05 Å². The molecule has 48 heavy (non-hydrogen) atoms. The molecule has 0 bridgehead atoms. The van der Waals surface area contributed by atoms with Gasteiger partial charge >= 0.3 is 11.9 Å². The standard InChI is InChI=1S/C34H35N9O5/c1-41(2)14-15-48-22(20-43-30-7-5-4-6-25(30)31(40-43)37-27-18-35-12-10-23(27)33(44)45)16-21-8-9-29-26(17-21)32(39-42(29)3)38-28-19-36-13-11-24(28)34(46)47/h4-13,17-19,22H,14-16,20H2,1-3H3,(H,37,40)(H,38,39)(H,44,45)(H,46,47). The highest BCUT2D eigenvalue weighted by Gasteiger charge is 2.20. The number of carboxylic acids is 2. The molecule has 0 aliphatic heterocycles. The molecule has 1 atom stereocenters. The molecule has 4 heterocycles. The first-order valence-corrected chi connectivity index (χ1v) is 15.2. The van der Waals surface area contributed by atoms with Gasteiger partial charge in [-0.2, -0.15) is 10.2 Å². The van der Waals surface area contributed by atoms with Gasteiger partial charge in [0, 0.05) is 43.2 Å². The molecule has 6 rings (SSSR count). The molecular formula is C34H35N9O5. The summed E-state index contributed by atoms with van der Waals surface area (Å²) in [5.41, 5.74) is 3.61. The van der Waals surface area contributed by atoms with Gasteiger partial charge in [0.15, 0.2) is 11.6 Å². The number of nitrogens with one attached hydrogen (secondary N) is 2. The summed E-state index contributed by atoms with van der Waals surface area (Å²) in [7, 11) is 5.81. The maximum atomic E-state index is 11.8. The largest absolute Gasteiger partial charge is 0.478 e. The molecule has 0 spiro atoms. The van der Waals surface area contributed by atoms with Crippen molar-refractivity contribution in [3.05, 3.63) is 96.1 Å². The Morgan fingerprint density at radius 3 is 2.15 bits per heavy atom. The van der Waals surface area contributed by atoms with Gasteiger partial charge in [-0.1, -0.05) is 18.2 Å². The topological polar surface area (TPSA) is 173 Å². The van der Waals surface area contributed by atoms with Crippen LogP contribution in [0.2, 0.25) is 0 Å². The minimum absolute atomic E-state index is 0.0934. The van der Waals surface area contributed by atoms with E-state index in [-0.39, 0.29) is 17.2 Å². The molecule has 0 saturated heterocycles. The van der Waals surface area contributed by atoms with Crippen LogP contribution in [0.4, 0.5) is 23.0 Å². The highest BCUT2D eigenvalue weighted by Crippen LogP contribution is 2.30. The van der Waals surface area contributed by atoms with Crippen LogP contribution in [0.3, 0.4) is 0 Å². The number of para-hydroxylation sites is 1. The molecule has 4 aromatic heterocycles. The summed E-state index contributed by atoms with van der Waals surface area (Å²) < 4.78 is 10.1. The second-order valence-electron chi connectivity index (χ2n) is 11.6. The predicted octanol–water partition coefficient (Wildman–Crippen LogP) is 4.79. The molecule has 0 amide bonds. The number of hydrogen-bond acceptors (Lipinski definition) is 10. The summed E-state index contributed by atoms with van der Waals surface area (Å²) in [6.07, 6.45) is 6.09. The van der Waals surface area contributed by atoms with Crippen LogP contribution >= 0.6 is 0 Å². The van der Waals surface area contributed by atoms with E-state index in [2.05, 4.69) is 30.6 Å². The number of aromatic nitrogens is 6. The first kappa shape index (κ1) is 32.1. The average molecular weight is 650 g/mol. The molecule has 2 aromatic carbocycles. The fourth-order valence-electron chi connectivity index (χ4n) is 5.54. The molecule has 0 saturated carbocycles. The number of carboxylic acid groups (broad SMARTS) is 2. The van der Waals surface area contributed by atoms with Crippen molar-refractivity contribution in [2.75, 3.05) is 37.9 Å². The number of nitrogens with zero attached hydrogens (tertiary/aromatic N) is 7. The van der Waals surface area contributed by atoms with E-state index in [0.717, 1.165) is 33.9 Å². The van der Waals surface area contributed by atoms with Gasteiger partial charge in [-0.15, -0.1) is 0 Å². The SMILES string of the molecule is CN(C)CCOC(Cc1ccc2c(c1)c(Nc1cnccc1C(=O)O)nn2C)Cn1nc(Nc2cnccc2C(=O)O)c2ccccc21. The summed E-state index contributed by atoms with van der Waals surface area (Å²) in [5.74, 6) is -1.10. The number of anilines is 4. The lowest BCUT2D eigenvalue weighted by Crippen LogP contribution is -2.27. The number of hydrogen-bond donors (Lipinski definition) is 4. The van der Waals surface area contributed by atoms with Gasteiger partial charge in [-0.05, 0) is 56.1 Å². The minimum Gasteiger partial charge on any atom is -0.478 e. The van der Waals surface area contributed by atoms with E-state index in [1.165, 1.54) is 36.9 Å². The Balaban J connectivity index is 1.31. The van der Waals surface area contributed by atoms with E-state index in [9.17, 15) is 19.8 Å². The Hall–Kier alpha value is -5.86. The zero-order valence-electron chi connectivity index (χ0n) is 26.7. The second-order valence-corrected chi connectivity index (χ2v) is 11.6. The molecule has 0 aliphatic rings. The summed E-state index contributed by atoms with van der Waals surface area (Å²) in [5, 5.41) is 36.8. The third kappa shape index (κ3) is 6.94. The van der Waals surface area contributed by atoms with Crippen LogP contribution in [-0.4, -0.2) is 89.9 Å². The van der Waals surface area contributed by atoms with Crippen molar-refractivity contribution >= 4 is 56.8 Å². The highest BCUT2D eigenvalue weighted by molar-refractivity contribution is 5.99. The quantitative estimate of drug-likeness (QED) is 0.127. The number of rotatable bonds is 14. The number of aryl methyl sites for hydroxylation is 1. The maximum Gasteiger partial charge on any atom is 0.337 e. The molecule has 6 aromatic rings.